The predicted molar refractivity (Wildman–Crippen MR) is 117 cm³/mol. The zero-order valence-electron chi connectivity index (χ0n) is 16.9. The molecule has 0 aliphatic carbocycles. The third kappa shape index (κ3) is 5.44. The van der Waals surface area contributed by atoms with Crippen molar-refractivity contribution in [2.45, 2.75) is 13.5 Å². The van der Waals surface area contributed by atoms with Crippen LogP contribution in [-0.4, -0.2) is 41.0 Å². The van der Waals surface area contributed by atoms with Gasteiger partial charge in [0, 0.05) is 21.8 Å². The fourth-order valence-electron chi connectivity index (χ4n) is 2.76. The highest BCUT2D eigenvalue weighted by Crippen LogP contribution is 2.29. The minimum atomic E-state index is -0.501. The molecule has 31 heavy (non-hydrogen) atoms. The van der Waals surface area contributed by atoms with Gasteiger partial charge in [-0.1, -0.05) is 28.4 Å². The van der Waals surface area contributed by atoms with E-state index >= 15 is 0 Å². The second kappa shape index (κ2) is 9.67. The molecule has 0 fully saturated rings. The summed E-state index contributed by atoms with van der Waals surface area (Å²) in [4.78, 5) is 25.0. The first-order valence-corrected chi connectivity index (χ1v) is 9.75. The molecule has 0 bridgehead atoms. The van der Waals surface area contributed by atoms with Crippen LogP contribution in [0, 0.1) is 6.92 Å². The van der Waals surface area contributed by atoms with Crippen molar-refractivity contribution in [1.29, 1.82) is 0 Å². The highest BCUT2D eigenvalue weighted by Gasteiger charge is 2.19. The van der Waals surface area contributed by atoms with Gasteiger partial charge < -0.3 is 20.1 Å². The molecule has 2 amide bonds. The maximum absolute atomic E-state index is 12.5. The van der Waals surface area contributed by atoms with Gasteiger partial charge in [0.05, 0.1) is 25.6 Å². The number of rotatable bonds is 7. The van der Waals surface area contributed by atoms with Gasteiger partial charge in [0.25, 0.3) is 5.91 Å². The van der Waals surface area contributed by atoms with Gasteiger partial charge in [0.2, 0.25) is 5.91 Å². The molecule has 9 nitrogen and oxygen atoms in total. The Hall–Kier alpha value is -3.30. The summed E-state index contributed by atoms with van der Waals surface area (Å²) in [5, 5.41) is 14.0. The van der Waals surface area contributed by atoms with Crippen LogP contribution in [0.5, 0.6) is 11.5 Å². The van der Waals surface area contributed by atoms with Gasteiger partial charge >= 0.3 is 0 Å². The molecule has 0 aliphatic rings. The van der Waals surface area contributed by atoms with Gasteiger partial charge in [-0.2, -0.15) is 0 Å². The van der Waals surface area contributed by atoms with E-state index in [-0.39, 0.29) is 18.1 Å². The molecule has 162 valence electrons. The van der Waals surface area contributed by atoms with E-state index in [1.807, 2.05) is 0 Å². The number of carbonyl (C=O) groups is 2. The Morgan fingerprint density at radius 1 is 1.03 bits per heavy atom. The van der Waals surface area contributed by atoms with Crippen molar-refractivity contribution in [3.63, 3.8) is 0 Å². The Labute approximate surface area is 188 Å². The number of hydrogen-bond donors (Lipinski definition) is 2. The summed E-state index contributed by atoms with van der Waals surface area (Å²) in [6.07, 6.45) is 0. The molecule has 0 spiro atoms. The lowest BCUT2D eigenvalue weighted by molar-refractivity contribution is -0.117. The van der Waals surface area contributed by atoms with E-state index in [1.165, 1.54) is 18.9 Å². The smallest absolute Gasteiger partial charge is 0.278 e. The van der Waals surface area contributed by atoms with E-state index in [4.69, 9.17) is 32.7 Å². The third-order valence-corrected chi connectivity index (χ3v) is 4.73. The molecular weight excluding hydrogens is 445 g/mol. The monoisotopic (exact) mass is 463 g/mol. The Balaban J connectivity index is 1.70. The zero-order valence-corrected chi connectivity index (χ0v) is 18.4. The lowest BCUT2D eigenvalue weighted by atomic mass is 10.2. The molecule has 0 atom stereocenters. The van der Waals surface area contributed by atoms with Gasteiger partial charge in [-0.3, -0.25) is 9.59 Å². The molecule has 2 aromatic carbocycles. The van der Waals surface area contributed by atoms with Crippen molar-refractivity contribution >= 4 is 46.4 Å². The molecule has 2 N–H and O–H groups in total. The largest absolute Gasteiger partial charge is 0.497 e. The van der Waals surface area contributed by atoms with Crippen molar-refractivity contribution < 1.29 is 19.1 Å². The van der Waals surface area contributed by atoms with Crippen LogP contribution in [0.15, 0.2) is 36.4 Å². The van der Waals surface area contributed by atoms with Crippen LogP contribution in [0.4, 0.5) is 11.4 Å². The number of methoxy groups -OCH3 is 2. The maximum atomic E-state index is 12.5. The van der Waals surface area contributed by atoms with E-state index < -0.39 is 5.91 Å². The predicted octanol–water partition coefficient (Wildman–Crippen LogP) is 3.80. The summed E-state index contributed by atoms with van der Waals surface area (Å²) in [5.41, 5.74) is 1.39. The summed E-state index contributed by atoms with van der Waals surface area (Å²) in [6.45, 7) is 1.49. The SMILES string of the molecule is COc1ccc(NC(=O)Cn2nnc(C(=O)Nc3cc(Cl)cc(Cl)c3)c2C)c(OC)c1. The van der Waals surface area contributed by atoms with E-state index in [0.29, 0.717) is 38.6 Å². The van der Waals surface area contributed by atoms with E-state index in [2.05, 4.69) is 20.9 Å². The minimum Gasteiger partial charge on any atom is -0.497 e. The summed E-state index contributed by atoms with van der Waals surface area (Å²) in [5.74, 6) is 0.172. The standard InChI is InChI=1S/C20H19Cl2N5O4/c1-11-19(20(29)23-14-7-12(21)6-13(22)8-14)25-26-27(11)10-18(28)24-16-5-4-15(30-2)9-17(16)31-3/h4-9H,10H2,1-3H3,(H,23,29)(H,24,28). The molecule has 0 aliphatic heterocycles. The minimum absolute atomic E-state index is 0.0749. The summed E-state index contributed by atoms with van der Waals surface area (Å²) < 4.78 is 11.7. The average molecular weight is 464 g/mol. The van der Waals surface area contributed by atoms with E-state index in [9.17, 15) is 9.59 Å². The Morgan fingerprint density at radius 3 is 2.39 bits per heavy atom. The Bertz CT molecular complexity index is 1110. The lowest BCUT2D eigenvalue weighted by Gasteiger charge is -2.12. The number of benzene rings is 2. The molecule has 1 aromatic heterocycles. The first-order chi connectivity index (χ1) is 14.8. The number of nitrogens with zero attached hydrogens (tertiary/aromatic N) is 3. The fraction of sp³-hybridized carbons (Fsp3) is 0.200. The number of nitrogens with one attached hydrogen (secondary N) is 2. The summed E-state index contributed by atoms with van der Waals surface area (Å²) in [7, 11) is 3.03. The van der Waals surface area contributed by atoms with Crippen LogP contribution in [0.1, 0.15) is 16.2 Å². The van der Waals surface area contributed by atoms with Crippen LogP contribution in [0.25, 0.3) is 0 Å². The van der Waals surface area contributed by atoms with Crippen LogP contribution in [0.2, 0.25) is 10.0 Å². The summed E-state index contributed by atoms with van der Waals surface area (Å²) in [6, 6.07) is 9.68. The number of ether oxygens (including phenoxy) is 2. The fourth-order valence-corrected chi connectivity index (χ4v) is 3.29. The molecule has 0 unspecified atom stereocenters. The second-order valence-electron chi connectivity index (χ2n) is 6.41. The van der Waals surface area contributed by atoms with Gasteiger partial charge in [0.1, 0.15) is 18.0 Å². The van der Waals surface area contributed by atoms with Crippen molar-refractivity contribution in [2.24, 2.45) is 0 Å². The Kier molecular flexibility index (Phi) is 6.98. The first kappa shape index (κ1) is 22.4. The van der Waals surface area contributed by atoms with Crippen molar-refractivity contribution in [1.82, 2.24) is 15.0 Å². The van der Waals surface area contributed by atoms with Crippen molar-refractivity contribution in [3.05, 3.63) is 57.8 Å². The first-order valence-electron chi connectivity index (χ1n) is 9.00. The number of hydrogen-bond acceptors (Lipinski definition) is 6. The molecule has 1 heterocycles. The average Bonchev–Trinajstić information content (AvgIpc) is 3.07. The maximum Gasteiger partial charge on any atom is 0.278 e. The van der Waals surface area contributed by atoms with E-state index in [1.54, 1.807) is 43.3 Å². The number of anilines is 2. The normalized spacial score (nSPS) is 10.5. The molecule has 0 saturated heterocycles. The van der Waals surface area contributed by atoms with E-state index in [0.717, 1.165) is 0 Å². The molecule has 3 aromatic rings. The third-order valence-electron chi connectivity index (χ3n) is 4.29. The van der Waals surface area contributed by atoms with Gasteiger partial charge in [0.15, 0.2) is 5.69 Å². The van der Waals surface area contributed by atoms with Gasteiger partial charge in [-0.15, -0.1) is 5.10 Å². The summed E-state index contributed by atoms with van der Waals surface area (Å²) >= 11 is 11.9. The molecule has 0 saturated carbocycles. The number of amides is 2. The van der Waals surface area contributed by atoms with Gasteiger partial charge in [-0.05, 0) is 37.3 Å². The van der Waals surface area contributed by atoms with Crippen LogP contribution < -0.4 is 20.1 Å². The van der Waals surface area contributed by atoms with Gasteiger partial charge in [-0.25, -0.2) is 4.68 Å². The topological polar surface area (TPSA) is 107 Å². The molecule has 0 radical (unpaired) electrons. The number of aromatic nitrogens is 3. The van der Waals surface area contributed by atoms with Crippen LogP contribution in [0.3, 0.4) is 0 Å². The Morgan fingerprint density at radius 2 is 1.74 bits per heavy atom. The zero-order chi connectivity index (χ0) is 22.5. The van der Waals surface area contributed by atoms with Crippen LogP contribution >= 0.6 is 23.2 Å². The molecule has 11 heteroatoms. The number of carbonyl (C=O) groups excluding carboxylic acids is 2. The van der Waals surface area contributed by atoms with Crippen LogP contribution in [-0.2, 0) is 11.3 Å². The highest BCUT2D eigenvalue weighted by atomic mass is 35.5. The quantitative estimate of drug-likeness (QED) is 0.551. The highest BCUT2D eigenvalue weighted by molar-refractivity contribution is 6.35. The lowest BCUT2D eigenvalue weighted by Crippen LogP contribution is -2.21. The number of halogens is 2. The molecule has 3 rings (SSSR count). The van der Waals surface area contributed by atoms with Crippen molar-refractivity contribution in [2.75, 3.05) is 24.9 Å². The second-order valence-corrected chi connectivity index (χ2v) is 7.28. The van der Waals surface area contributed by atoms with Crippen molar-refractivity contribution in [3.8, 4) is 11.5 Å². The molecular formula is C20H19Cl2N5O4.